The molecule has 1 heterocycles. The summed E-state index contributed by atoms with van der Waals surface area (Å²) >= 11 is 6.25. The van der Waals surface area contributed by atoms with Crippen LogP contribution in [0.25, 0.3) is 22.3 Å². The lowest BCUT2D eigenvalue weighted by molar-refractivity contribution is 0.627. The second-order valence-electron chi connectivity index (χ2n) is 6.52. The minimum Gasteiger partial charge on any atom is -0.381 e. The summed E-state index contributed by atoms with van der Waals surface area (Å²) in [6, 6.07) is 19.3. The number of nitrogens with zero attached hydrogens (tertiary/aromatic N) is 3. The van der Waals surface area contributed by atoms with Gasteiger partial charge in [-0.1, -0.05) is 36.4 Å². The van der Waals surface area contributed by atoms with Gasteiger partial charge >= 0.3 is 0 Å². The van der Waals surface area contributed by atoms with Crippen LogP contribution in [0.4, 0.5) is 4.39 Å². The molecule has 3 aromatic carbocycles. The highest BCUT2D eigenvalue weighted by Crippen LogP contribution is 2.26. The van der Waals surface area contributed by atoms with Crippen LogP contribution in [-0.4, -0.2) is 9.78 Å². The van der Waals surface area contributed by atoms with Crippen LogP contribution in [0.3, 0.4) is 0 Å². The summed E-state index contributed by atoms with van der Waals surface area (Å²) in [6.45, 7) is 4.63. The molecule has 29 heavy (non-hydrogen) atoms. The summed E-state index contributed by atoms with van der Waals surface area (Å²) in [5, 5.41) is 18.2. The number of rotatable bonds is 5. The number of hydrogen-bond acceptors (Lipinski definition) is 3. The Morgan fingerprint density at radius 1 is 1.17 bits per heavy atom. The summed E-state index contributed by atoms with van der Waals surface area (Å²) in [7, 11) is 0. The Morgan fingerprint density at radius 2 is 1.97 bits per heavy atom. The Labute approximate surface area is 172 Å². The summed E-state index contributed by atoms with van der Waals surface area (Å²) in [4.78, 5) is 0. The Morgan fingerprint density at radius 3 is 2.69 bits per heavy atom. The number of benzene rings is 3. The van der Waals surface area contributed by atoms with E-state index < -0.39 is 0 Å². The minimum absolute atomic E-state index is 0.287. The van der Waals surface area contributed by atoms with Crippen molar-refractivity contribution in [1.29, 1.82) is 5.26 Å². The molecule has 0 amide bonds. The lowest BCUT2D eigenvalue weighted by Crippen LogP contribution is -2.11. The Bertz CT molecular complexity index is 1250. The SMILES string of the molecule is C=C(NCc1ccc(C#N)cc1Cl)c1cccc2c1cnn2-c1ccc(F)cc1. The Kier molecular flexibility index (Phi) is 5.03. The van der Waals surface area contributed by atoms with Gasteiger partial charge in [0.2, 0.25) is 0 Å². The molecular weight excluding hydrogens is 387 g/mol. The molecule has 0 aliphatic carbocycles. The topological polar surface area (TPSA) is 53.6 Å². The molecule has 4 nitrogen and oxygen atoms in total. The highest BCUT2D eigenvalue weighted by molar-refractivity contribution is 6.31. The fourth-order valence-electron chi connectivity index (χ4n) is 3.16. The van der Waals surface area contributed by atoms with Crippen molar-refractivity contribution in [3.8, 4) is 11.8 Å². The number of fused-ring (bicyclic) bond motifs is 1. The van der Waals surface area contributed by atoms with Crippen molar-refractivity contribution in [2.24, 2.45) is 0 Å². The summed E-state index contributed by atoms with van der Waals surface area (Å²) < 4.78 is 15.0. The van der Waals surface area contributed by atoms with Crippen LogP contribution >= 0.6 is 11.6 Å². The molecule has 0 unspecified atom stereocenters. The molecule has 0 saturated heterocycles. The summed E-state index contributed by atoms with van der Waals surface area (Å²) in [5.41, 5.74) is 4.72. The van der Waals surface area contributed by atoms with Gasteiger partial charge in [-0.25, -0.2) is 9.07 Å². The highest BCUT2D eigenvalue weighted by Gasteiger charge is 2.11. The van der Waals surface area contributed by atoms with Crippen LogP contribution in [-0.2, 0) is 6.54 Å². The van der Waals surface area contributed by atoms with E-state index >= 15 is 0 Å². The predicted molar refractivity (Wildman–Crippen MR) is 113 cm³/mol. The van der Waals surface area contributed by atoms with Crippen LogP contribution in [0.1, 0.15) is 16.7 Å². The maximum absolute atomic E-state index is 13.2. The first kappa shape index (κ1) is 18.7. The average molecular weight is 403 g/mol. The van der Waals surface area contributed by atoms with E-state index in [4.69, 9.17) is 16.9 Å². The van der Waals surface area contributed by atoms with Crippen molar-refractivity contribution in [2.75, 3.05) is 0 Å². The van der Waals surface area contributed by atoms with Crippen molar-refractivity contribution < 1.29 is 4.39 Å². The first-order chi connectivity index (χ1) is 14.1. The lowest BCUT2D eigenvalue weighted by Gasteiger charge is -2.12. The van der Waals surface area contributed by atoms with E-state index in [0.717, 1.165) is 33.4 Å². The first-order valence-electron chi connectivity index (χ1n) is 8.91. The number of nitriles is 1. The van der Waals surface area contributed by atoms with E-state index in [-0.39, 0.29) is 5.82 Å². The fraction of sp³-hybridized carbons (Fsp3) is 0.0435. The van der Waals surface area contributed by atoms with Crippen LogP contribution < -0.4 is 5.32 Å². The van der Waals surface area contributed by atoms with Crippen LogP contribution in [0.2, 0.25) is 5.02 Å². The van der Waals surface area contributed by atoms with Crippen molar-refractivity contribution in [3.05, 3.63) is 101 Å². The molecule has 142 valence electrons. The van der Waals surface area contributed by atoms with Gasteiger partial charge in [0, 0.05) is 28.2 Å². The molecule has 0 bridgehead atoms. The second kappa shape index (κ2) is 7.78. The molecule has 0 aliphatic heterocycles. The quantitative estimate of drug-likeness (QED) is 0.483. The smallest absolute Gasteiger partial charge is 0.123 e. The Hall–Kier alpha value is -3.62. The lowest BCUT2D eigenvalue weighted by atomic mass is 10.1. The molecule has 6 heteroatoms. The van der Waals surface area contributed by atoms with Gasteiger partial charge in [-0.05, 0) is 48.0 Å². The van der Waals surface area contributed by atoms with Gasteiger partial charge in [0.25, 0.3) is 0 Å². The van der Waals surface area contributed by atoms with Gasteiger partial charge < -0.3 is 5.32 Å². The fourth-order valence-corrected chi connectivity index (χ4v) is 3.41. The van der Waals surface area contributed by atoms with Crippen molar-refractivity contribution in [2.45, 2.75) is 6.54 Å². The number of hydrogen-bond donors (Lipinski definition) is 1. The van der Waals surface area contributed by atoms with Gasteiger partial charge in [-0.3, -0.25) is 0 Å². The maximum Gasteiger partial charge on any atom is 0.123 e. The standard InChI is InChI=1S/C23H16ClFN4/c1-15(27-13-17-6-5-16(12-26)11-22(17)24)20-3-2-4-23-21(20)14-28-29(23)19-9-7-18(25)8-10-19/h2-11,14,27H,1,13H2. The molecule has 4 rings (SSSR count). The molecule has 0 atom stereocenters. The molecule has 1 N–H and O–H groups in total. The molecular formula is C23H16ClFN4. The zero-order valence-electron chi connectivity index (χ0n) is 15.4. The Balaban J connectivity index is 1.60. The van der Waals surface area contributed by atoms with Crippen molar-refractivity contribution >= 4 is 28.2 Å². The molecule has 0 spiro atoms. The zero-order chi connectivity index (χ0) is 20.4. The van der Waals surface area contributed by atoms with Crippen LogP contribution in [0.5, 0.6) is 0 Å². The maximum atomic E-state index is 13.2. The zero-order valence-corrected chi connectivity index (χ0v) is 16.1. The van der Waals surface area contributed by atoms with Gasteiger partial charge in [0.05, 0.1) is 29.0 Å². The number of aromatic nitrogens is 2. The molecule has 0 saturated carbocycles. The molecule has 0 radical (unpaired) electrons. The summed E-state index contributed by atoms with van der Waals surface area (Å²) in [6.07, 6.45) is 1.77. The van der Waals surface area contributed by atoms with Crippen molar-refractivity contribution in [3.63, 3.8) is 0 Å². The molecule has 4 aromatic rings. The molecule has 1 aromatic heterocycles. The summed E-state index contributed by atoms with van der Waals surface area (Å²) in [5.74, 6) is -0.287. The molecule has 0 aliphatic rings. The normalized spacial score (nSPS) is 10.7. The molecule has 0 fully saturated rings. The monoisotopic (exact) mass is 402 g/mol. The number of nitrogens with one attached hydrogen (secondary N) is 1. The highest BCUT2D eigenvalue weighted by atomic mass is 35.5. The van der Waals surface area contributed by atoms with Crippen LogP contribution in [0.15, 0.2) is 73.4 Å². The van der Waals surface area contributed by atoms with Gasteiger partial charge in [-0.15, -0.1) is 0 Å². The van der Waals surface area contributed by atoms with E-state index in [0.29, 0.717) is 17.1 Å². The first-order valence-corrected chi connectivity index (χ1v) is 9.29. The number of halogens is 2. The second-order valence-corrected chi connectivity index (χ2v) is 6.93. The minimum atomic E-state index is -0.287. The third kappa shape index (κ3) is 3.71. The van der Waals surface area contributed by atoms with E-state index in [1.807, 2.05) is 24.3 Å². The van der Waals surface area contributed by atoms with E-state index in [1.165, 1.54) is 12.1 Å². The van der Waals surface area contributed by atoms with Crippen LogP contribution in [0, 0.1) is 17.1 Å². The van der Waals surface area contributed by atoms with Gasteiger partial charge in [0.1, 0.15) is 5.82 Å². The predicted octanol–water partition coefficient (Wildman–Crippen LogP) is 5.45. The third-order valence-electron chi connectivity index (χ3n) is 4.68. The van der Waals surface area contributed by atoms with E-state index in [2.05, 4.69) is 23.1 Å². The largest absolute Gasteiger partial charge is 0.381 e. The van der Waals surface area contributed by atoms with E-state index in [9.17, 15) is 4.39 Å². The van der Waals surface area contributed by atoms with Gasteiger partial charge in [-0.2, -0.15) is 10.4 Å². The van der Waals surface area contributed by atoms with Gasteiger partial charge in [0.15, 0.2) is 0 Å². The van der Waals surface area contributed by atoms with E-state index in [1.54, 1.807) is 35.1 Å². The average Bonchev–Trinajstić information content (AvgIpc) is 3.17. The van der Waals surface area contributed by atoms with Crippen molar-refractivity contribution in [1.82, 2.24) is 15.1 Å². The third-order valence-corrected chi connectivity index (χ3v) is 5.04.